The fourth-order valence-corrected chi connectivity index (χ4v) is 9.05. The lowest BCUT2D eigenvalue weighted by atomic mass is 9.53. The van der Waals surface area contributed by atoms with E-state index < -0.39 is 0 Å². The van der Waals surface area contributed by atoms with Crippen LogP contribution in [0.1, 0.15) is 77.0 Å². The molecule has 8 bridgehead atoms. The van der Waals surface area contributed by atoms with Crippen LogP contribution in [0.2, 0.25) is 0 Å². The van der Waals surface area contributed by atoms with Crippen LogP contribution in [0, 0.1) is 35.5 Å². The van der Waals surface area contributed by atoms with E-state index in [9.17, 15) is 0 Å². The Hall–Kier alpha value is -0.770. The maximum Gasteiger partial charge on any atom is 0.206 e. The number of aliphatic imine (C=N–C) groups is 1. The van der Waals surface area contributed by atoms with Gasteiger partial charge in [-0.15, -0.1) is 0 Å². The molecule has 4 nitrogen and oxygen atoms in total. The molecule has 0 spiro atoms. The smallest absolute Gasteiger partial charge is 0.206 e. The van der Waals surface area contributed by atoms with Crippen LogP contribution in [0.15, 0.2) is 4.99 Å². The predicted octanol–water partition coefficient (Wildman–Crippen LogP) is 3.33. The molecule has 0 aromatic carbocycles. The van der Waals surface area contributed by atoms with E-state index in [1.165, 1.54) is 77.0 Å². The summed E-state index contributed by atoms with van der Waals surface area (Å²) in [6, 6.07) is 0. The van der Waals surface area contributed by atoms with Gasteiger partial charge in [0, 0.05) is 5.54 Å². The zero-order chi connectivity index (χ0) is 16.6. The van der Waals surface area contributed by atoms with E-state index in [1.54, 1.807) is 0 Å². The summed E-state index contributed by atoms with van der Waals surface area (Å²) in [5.74, 6) is 12.6. The molecular weight excluding hydrogens is 308 g/mol. The average molecular weight is 343 g/mol. The van der Waals surface area contributed by atoms with Gasteiger partial charge in [0.15, 0.2) is 0 Å². The van der Waals surface area contributed by atoms with Crippen molar-refractivity contribution in [2.24, 2.45) is 46.3 Å². The van der Waals surface area contributed by atoms with E-state index in [4.69, 9.17) is 10.8 Å². The van der Waals surface area contributed by atoms with E-state index in [0.717, 1.165) is 41.5 Å². The molecule has 4 N–H and O–H groups in total. The molecule has 0 amide bonds. The Balaban J connectivity index is 1.26. The zero-order valence-electron chi connectivity index (χ0n) is 15.5. The van der Waals surface area contributed by atoms with Crippen LogP contribution < -0.4 is 16.6 Å². The zero-order valence-corrected chi connectivity index (χ0v) is 15.5. The SMILES string of the molecule is NNC(=NC12CC3CC(CC(C3)C1)C2)NC12CC3CC(CC(C3)C1)C2. The quantitative estimate of drug-likeness (QED) is 0.312. The summed E-state index contributed by atoms with van der Waals surface area (Å²) in [6.07, 6.45) is 16.9. The van der Waals surface area contributed by atoms with Gasteiger partial charge in [-0.05, 0) is 113 Å². The number of rotatable bonds is 2. The molecule has 0 aliphatic heterocycles. The first-order chi connectivity index (χ1) is 12.1. The molecule has 8 saturated carbocycles. The maximum atomic E-state index is 5.99. The standard InChI is InChI=1S/C21H34N4/c22-25-19(23-20-7-13-1-14(8-20)3-15(2-13)9-20)24-21-10-16-4-17(11-21)6-18(5-16)12-21/h13-18H,1-12,22H2,(H2,23,24,25). The minimum Gasteiger partial charge on any atom is -0.350 e. The van der Waals surface area contributed by atoms with E-state index >= 15 is 0 Å². The summed E-state index contributed by atoms with van der Waals surface area (Å²) < 4.78 is 0. The number of guanidine groups is 1. The fraction of sp³-hybridized carbons (Fsp3) is 0.952. The Morgan fingerprint density at radius 2 is 1.08 bits per heavy atom. The summed E-state index contributed by atoms with van der Waals surface area (Å²) in [4.78, 5) is 5.33. The summed E-state index contributed by atoms with van der Waals surface area (Å²) in [5, 5.41) is 3.90. The third-order valence-electron chi connectivity index (χ3n) is 8.91. The minimum atomic E-state index is 0.200. The highest BCUT2D eigenvalue weighted by Gasteiger charge is 2.53. The lowest BCUT2D eigenvalue weighted by Gasteiger charge is -2.57. The summed E-state index contributed by atoms with van der Waals surface area (Å²) in [7, 11) is 0. The van der Waals surface area contributed by atoms with Gasteiger partial charge in [-0.1, -0.05) is 0 Å². The number of hydrazine groups is 1. The number of nitrogens with two attached hydrogens (primary N) is 1. The number of nitrogens with zero attached hydrogens (tertiary/aromatic N) is 1. The van der Waals surface area contributed by atoms with Crippen molar-refractivity contribution in [2.45, 2.75) is 88.1 Å². The molecule has 8 aliphatic carbocycles. The van der Waals surface area contributed by atoms with Gasteiger partial charge in [0.2, 0.25) is 5.96 Å². The van der Waals surface area contributed by atoms with Crippen LogP contribution in [0.25, 0.3) is 0 Å². The highest BCUT2D eigenvalue weighted by Crippen LogP contribution is 2.58. The topological polar surface area (TPSA) is 62.4 Å². The fourth-order valence-electron chi connectivity index (χ4n) is 9.05. The largest absolute Gasteiger partial charge is 0.350 e. The minimum absolute atomic E-state index is 0.200. The van der Waals surface area contributed by atoms with Gasteiger partial charge in [-0.2, -0.15) is 0 Å². The van der Waals surface area contributed by atoms with Crippen molar-refractivity contribution in [2.75, 3.05) is 0 Å². The van der Waals surface area contributed by atoms with Gasteiger partial charge < -0.3 is 5.32 Å². The van der Waals surface area contributed by atoms with E-state index in [2.05, 4.69) is 10.7 Å². The second-order valence-electron chi connectivity index (χ2n) is 11.1. The van der Waals surface area contributed by atoms with E-state index in [-0.39, 0.29) is 5.54 Å². The second-order valence-corrected chi connectivity index (χ2v) is 11.1. The van der Waals surface area contributed by atoms with Gasteiger partial charge in [-0.3, -0.25) is 5.43 Å². The highest BCUT2D eigenvalue weighted by atomic mass is 15.4. The van der Waals surface area contributed by atoms with Gasteiger partial charge in [-0.25, -0.2) is 10.8 Å². The molecule has 8 fully saturated rings. The van der Waals surface area contributed by atoms with Gasteiger partial charge in [0.25, 0.3) is 0 Å². The van der Waals surface area contributed by atoms with Crippen LogP contribution in [0.3, 0.4) is 0 Å². The summed E-state index contributed by atoms with van der Waals surface area (Å²) in [6.45, 7) is 0. The first-order valence-corrected chi connectivity index (χ1v) is 11.0. The number of hydrogen-bond acceptors (Lipinski definition) is 2. The van der Waals surface area contributed by atoms with Crippen molar-refractivity contribution < 1.29 is 0 Å². The molecule has 0 saturated heterocycles. The first kappa shape index (κ1) is 15.3. The first-order valence-electron chi connectivity index (χ1n) is 11.0. The maximum absolute atomic E-state index is 5.99. The second kappa shape index (κ2) is 5.15. The van der Waals surface area contributed by atoms with Crippen LogP contribution in [-0.4, -0.2) is 17.0 Å². The molecule has 0 aromatic rings. The van der Waals surface area contributed by atoms with Crippen molar-refractivity contribution in [1.29, 1.82) is 0 Å². The van der Waals surface area contributed by atoms with Crippen LogP contribution in [0.4, 0.5) is 0 Å². The molecular formula is C21H34N4. The molecule has 0 atom stereocenters. The highest BCUT2D eigenvalue weighted by molar-refractivity contribution is 5.80. The van der Waals surface area contributed by atoms with Crippen LogP contribution in [-0.2, 0) is 0 Å². The van der Waals surface area contributed by atoms with Crippen molar-refractivity contribution in [3.05, 3.63) is 0 Å². The van der Waals surface area contributed by atoms with Crippen LogP contribution in [0.5, 0.6) is 0 Å². The Kier molecular flexibility index (Phi) is 3.15. The number of hydrogen-bond donors (Lipinski definition) is 3. The van der Waals surface area contributed by atoms with E-state index in [0.29, 0.717) is 5.54 Å². The van der Waals surface area contributed by atoms with Gasteiger partial charge in [0.05, 0.1) is 5.54 Å². The lowest BCUT2D eigenvalue weighted by molar-refractivity contribution is -0.0123. The Labute approximate surface area is 151 Å². The molecule has 8 aliphatic rings. The molecule has 0 radical (unpaired) electrons. The molecule has 0 heterocycles. The van der Waals surface area contributed by atoms with Crippen molar-refractivity contribution in [1.82, 2.24) is 10.7 Å². The average Bonchev–Trinajstić information content (AvgIpc) is 2.51. The Morgan fingerprint density at radius 3 is 1.48 bits per heavy atom. The molecule has 4 heteroatoms. The molecule has 138 valence electrons. The molecule has 0 aromatic heterocycles. The van der Waals surface area contributed by atoms with Gasteiger partial charge in [0.1, 0.15) is 0 Å². The number of nitrogens with one attached hydrogen (secondary N) is 2. The van der Waals surface area contributed by atoms with Gasteiger partial charge >= 0.3 is 0 Å². The summed E-state index contributed by atoms with van der Waals surface area (Å²) >= 11 is 0. The molecule has 8 rings (SSSR count). The third kappa shape index (κ3) is 2.46. The molecule has 0 unspecified atom stereocenters. The predicted molar refractivity (Wildman–Crippen MR) is 99.7 cm³/mol. The lowest BCUT2D eigenvalue weighted by Crippen LogP contribution is -2.63. The van der Waals surface area contributed by atoms with Crippen molar-refractivity contribution >= 4 is 5.96 Å². The third-order valence-corrected chi connectivity index (χ3v) is 8.91. The van der Waals surface area contributed by atoms with Crippen LogP contribution >= 0.6 is 0 Å². The van der Waals surface area contributed by atoms with Crippen molar-refractivity contribution in [3.63, 3.8) is 0 Å². The Bertz CT molecular complexity index is 524. The molecule has 25 heavy (non-hydrogen) atoms. The summed E-state index contributed by atoms with van der Waals surface area (Å²) in [5.41, 5.74) is 3.48. The monoisotopic (exact) mass is 342 g/mol. The normalized spacial score (nSPS) is 55.6. The Morgan fingerprint density at radius 1 is 0.680 bits per heavy atom. The van der Waals surface area contributed by atoms with E-state index in [1.807, 2.05) is 0 Å². The van der Waals surface area contributed by atoms with Crippen molar-refractivity contribution in [3.8, 4) is 0 Å².